The van der Waals surface area contributed by atoms with Crippen molar-refractivity contribution in [3.8, 4) is 11.8 Å². The molecule has 0 aromatic heterocycles. The van der Waals surface area contributed by atoms with Gasteiger partial charge in [0.25, 0.3) is 5.91 Å². The molecule has 0 aliphatic rings. The van der Waals surface area contributed by atoms with Crippen LogP contribution >= 0.6 is 0 Å². The Morgan fingerprint density at radius 3 is 2.50 bits per heavy atom. The zero-order valence-electron chi connectivity index (χ0n) is 11.9. The monoisotopic (exact) mass is 298 g/mol. The summed E-state index contributed by atoms with van der Waals surface area (Å²) in [6.07, 6.45) is 0. The van der Waals surface area contributed by atoms with Gasteiger partial charge in [0.1, 0.15) is 6.54 Å². The van der Waals surface area contributed by atoms with Crippen molar-refractivity contribution in [2.24, 2.45) is 0 Å². The van der Waals surface area contributed by atoms with Crippen molar-refractivity contribution >= 4 is 5.91 Å². The number of hydrogen-bond donors (Lipinski definition) is 0. The lowest BCUT2D eigenvalue weighted by atomic mass is 10.2. The zero-order valence-corrected chi connectivity index (χ0v) is 11.9. The molecular weight excluding hydrogens is 283 g/mol. The number of nitriles is 1. The van der Waals surface area contributed by atoms with E-state index < -0.39 is 5.82 Å². The van der Waals surface area contributed by atoms with Crippen LogP contribution in [0.1, 0.15) is 5.56 Å². The summed E-state index contributed by atoms with van der Waals surface area (Å²) >= 11 is 0. The van der Waals surface area contributed by atoms with Crippen LogP contribution in [-0.4, -0.2) is 24.0 Å². The molecule has 0 radical (unpaired) electrons. The first-order valence-corrected chi connectivity index (χ1v) is 6.76. The molecule has 2 aromatic carbocycles. The molecule has 112 valence electrons. The van der Waals surface area contributed by atoms with Crippen molar-refractivity contribution < 1.29 is 13.9 Å². The molecule has 1 amide bonds. The SMILES string of the molecule is N#CCN(Cc1ccccc1)C(=O)COc1ccccc1F. The third kappa shape index (κ3) is 4.32. The maximum atomic E-state index is 13.4. The van der Waals surface area contributed by atoms with Gasteiger partial charge >= 0.3 is 0 Å². The van der Waals surface area contributed by atoms with Gasteiger partial charge in [0.15, 0.2) is 18.2 Å². The first-order chi connectivity index (χ1) is 10.7. The summed E-state index contributed by atoms with van der Waals surface area (Å²) in [6, 6.07) is 17.2. The predicted octanol–water partition coefficient (Wildman–Crippen LogP) is 2.76. The summed E-state index contributed by atoms with van der Waals surface area (Å²) in [5.41, 5.74) is 0.914. The molecule has 0 saturated carbocycles. The highest BCUT2D eigenvalue weighted by Gasteiger charge is 2.15. The molecule has 0 saturated heterocycles. The number of benzene rings is 2. The van der Waals surface area contributed by atoms with Crippen molar-refractivity contribution in [1.29, 1.82) is 5.26 Å². The molecule has 0 unspecified atom stereocenters. The van der Waals surface area contributed by atoms with Gasteiger partial charge in [0.2, 0.25) is 0 Å². The van der Waals surface area contributed by atoms with Gasteiger partial charge in [-0.2, -0.15) is 5.26 Å². The number of ether oxygens (including phenoxy) is 1. The average molecular weight is 298 g/mol. The Balaban J connectivity index is 1.98. The third-order valence-electron chi connectivity index (χ3n) is 3.02. The number of amides is 1. The van der Waals surface area contributed by atoms with E-state index in [-0.39, 0.29) is 24.8 Å². The number of para-hydroxylation sites is 1. The topological polar surface area (TPSA) is 53.3 Å². The maximum Gasteiger partial charge on any atom is 0.261 e. The molecule has 2 aromatic rings. The summed E-state index contributed by atoms with van der Waals surface area (Å²) in [6.45, 7) is -0.0440. The van der Waals surface area contributed by atoms with Crippen LogP contribution in [0.2, 0.25) is 0 Å². The highest BCUT2D eigenvalue weighted by molar-refractivity contribution is 5.78. The third-order valence-corrected chi connectivity index (χ3v) is 3.02. The van der Waals surface area contributed by atoms with E-state index in [0.29, 0.717) is 6.54 Å². The van der Waals surface area contributed by atoms with E-state index in [1.54, 1.807) is 12.1 Å². The van der Waals surface area contributed by atoms with Crippen molar-refractivity contribution in [3.63, 3.8) is 0 Å². The molecule has 0 atom stereocenters. The second-order valence-electron chi connectivity index (χ2n) is 4.61. The van der Waals surface area contributed by atoms with E-state index >= 15 is 0 Å². The molecule has 0 fully saturated rings. The molecule has 2 rings (SSSR count). The summed E-state index contributed by atoms with van der Waals surface area (Å²) in [5.74, 6) is -0.869. The molecule has 5 heteroatoms. The van der Waals surface area contributed by atoms with Crippen molar-refractivity contribution in [2.45, 2.75) is 6.54 Å². The van der Waals surface area contributed by atoms with E-state index in [4.69, 9.17) is 10.00 Å². The lowest BCUT2D eigenvalue weighted by Gasteiger charge is -2.20. The highest BCUT2D eigenvalue weighted by Crippen LogP contribution is 2.15. The number of carbonyl (C=O) groups is 1. The first-order valence-electron chi connectivity index (χ1n) is 6.76. The summed E-state index contributed by atoms with van der Waals surface area (Å²) < 4.78 is 18.6. The second-order valence-corrected chi connectivity index (χ2v) is 4.61. The molecule has 22 heavy (non-hydrogen) atoms. The molecule has 4 nitrogen and oxygen atoms in total. The quantitative estimate of drug-likeness (QED) is 0.771. The molecule has 0 heterocycles. The van der Waals surface area contributed by atoms with Crippen molar-refractivity contribution in [1.82, 2.24) is 4.90 Å². The van der Waals surface area contributed by atoms with Gasteiger partial charge in [-0.1, -0.05) is 42.5 Å². The molecular formula is C17H15FN2O2. The summed E-state index contributed by atoms with van der Waals surface area (Å²) in [7, 11) is 0. The summed E-state index contributed by atoms with van der Waals surface area (Å²) in [4.78, 5) is 13.5. The lowest BCUT2D eigenvalue weighted by molar-refractivity contribution is -0.133. The van der Waals surface area contributed by atoms with Gasteiger partial charge < -0.3 is 9.64 Å². The van der Waals surface area contributed by atoms with E-state index in [2.05, 4.69) is 0 Å². The smallest absolute Gasteiger partial charge is 0.261 e. The van der Waals surface area contributed by atoms with E-state index in [0.717, 1.165) is 5.56 Å². The van der Waals surface area contributed by atoms with Crippen LogP contribution in [0.5, 0.6) is 5.75 Å². The molecule has 0 N–H and O–H groups in total. The highest BCUT2D eigenvalue weighted by atomic mass is 19.1. The summed E-state index contributed by atoms with van der Waals surface area (Å²) in [5, 5.41) is 8.85. The number of nitrogens with zero attached hydrogens (tertiary/aromatic N) is 2. The van der Waals surface area contributed by atoms with Crippen LogP contribution < -0.4 is 4.74 Å². The Morgan fingerprint density at radius 1 is 1.14 bits per heavy atom. The number of hydrogen-bond acceptors (Lipinski definition) is 3. The Hall–Kier alpha value is -2.87. The van der Waals surface area contributed by atoms with Gasteiger partial charge in [-0.05, 0) is 17.7 Å². The minimum atomic E-state index is -0.523. The Bertz CT molecular complexity index is 668. The zero-order chi connectivity index (χ0) is 15.8. The fourth-order valence-electron chi connectivity index (χ4n) is 1.91. The Morgan fingerprint density at radius 2 is 1.82 bits per heavy atom. The number of halogens is 1. The Labute approximate surface area is 128 Å². The van der Waals surface area contributed by atoms with Crippen LogP contribution in [0.3, 0.4) is 0 Å². The van der Waals surface area contributed by atoms with Crippen LogP contribution in [0.4, 0.5) is 4.39 Å². The average Bonchev–Trinajstić information content (AvgIpc) is 2.54. The second kappa shape index (κ2) is 7.79. The normalized spacial score (nSPS) is 9.82. The van der Waals surface area contributed by atoms with Gasteiger partial charge in [0, 0.05) is 6.54 Å². The minimum Gasteiger partial charge on any atom is -0.481 e. The molecule has 0 aliphatic carbocycles. The lowest BCUT2D eigenvalue weighted by Crippen LogP contribution is -2.34. The van der Waals surface area contributed by atoms with Crippen LogP contribution in [0.15, 0.2) is 54.6 Å². The fraction of sp³-hybridized carbons (Fsp3) is 0.176. The maximum absolute atomic E-state index is 13.4. The largest absolute Gasteiger partial charge is 0.481 e. The first kappa shape index (κ1) is 15.5. The van der Waals surface area contributed by atoms with Crippen LogP contribution in [0.25, 0.3) is 0 Å². The van der Waals surface area contributed by atoms with Crippen molar-refractivity contribution in [3.05, 3.63) is 66.0 Å². The standard InChI is InChI=1S/C17H15FN2O2/c18-15-8-4-5-9-16(15)22-13-17(21)20(11-10-19)12-14-6-2-1-3-7-14/h1-9H,11-13H2. The van der Waals surface area contributed by atoms with Crippen LogP contribution in [0, 0.1) is 17.1 Å². The van der Waals surface area contributed by atoms with E-state index in [1.165, 1.54) is 17.0 Å². The van der Waals surface area contributed by atoms with Crippen molar-refractivity contribution in [2.75, 3.05) is 13.2 Å². The molecule has 0 aliphatic heterocycles. The fourth-order valence-corrected chi connectivity index (χ4v) is 1.91. The van der Waals surface area contributed by atoms with Gasteiger partial charge in [0.05, 0.1) is 6.07 Å². The molecule has 0 bridgehead atoms. The van der Waals surface area contributed by atoms with Crippen LogP contribution in [-0.2, 0) is 11.3 Å². The van der Waals surface area contributed by atoms with Gasteiger partial charge in [-0.3, -0.25) is 4.79 Å². The predicted molar refractivity (Wildman–Crippen MR) is 79.4 cm³/mol. The molecule has 0 spiro atoms. The number of rotatable bonds is 6. The van der Waals surface area contributed by atoms with Gasteiger partial charge in [-0.15, -0.1) is 0 Å². The van der Waals surface area contributed by atoms with E-state index in [1.807, 2.05) is 36.4 Å². The van der Waals surface area contributed by atoms with Gasteiger partial charge in [-0.25, -0.2) is 4.39 Å². The Kier molecular flexibility index (Phi) is 5.50. The number of carbonyl (C=O) groups excluding carboxylic acids is 1. The minimum absolute atomic E-state index is 0.0208. The van der Waals surface area contributed by atoms with E-state index in [9.17, 15) is 9.18 Å².